The lowest BCUT2D eigenvalue weighted by atomic mass is 10.0. The number of non-ortho nitro benzene ring substituents is 1. The fourth-order valence-corrected chi connectivity index (χ4v) is 3.40. The quantitative estimate of drug-likeness (QED) is 0.161. The molecule has 0 aromatic heterocycles. The van der Waals surface area contributed by atoms with E-state index in [4.69, 9.17) is 4.74 Å². The summed E-state index contributed by atoms with van der Waals surface area (Å²) in [6.07, 6.45) is 1.74. The Hall–Kier alpha value is -4.43. The van der Waals surface area contributed by atoms with E-state index in [0.717, 1.165) is 21.9 Å². The van der Waals surface area contributed by atoms with E-state index in [1.54, 1.807) is 18.2 Å². The highest BCUT2D eigenvalue weighted by Gasteiger charge is 2.09. The summed E-state index contributed by atoms with van der Waals surface area (Å²) in [4.78, 5) is 10.4. The molecule has 0 aliphatic heterocycles. The van der Waals surface area contributed by atoms with Gasteiger partial charge in [-0.3, -0.25) is 10.1 Å². The lowest BCUT2D eigenvalue weighted by molar-refractivity contribution is -0.384. The van der Waals surface area contributed by atoms with Gasteiger partial charge < -0.3 is 4.74 Å². The summed E-state index contributed by atoms with van der Waals surface area (Å²) < 4.78 is 6.12. The Bertz CT molecular complexity index is 1310. The van der Waals surface area contributed by atoms with Crippen LogP contribution in [0, 0.1) is 21.4 Å². The third-order valence-electron chi connectivity index (χ3n) is 4.99. The van der Waals surface area contributed by atoms with Crippen LogP contribution in [0.3, 0.4) is 0 Å². The summed E-state index contributed by atoms with van der Waals surface area (Å²) in [6.45, 7) is 0.394. The van der Waals surface area contributed by atoms with Gasteiger partial charge in [-0.2, -0.15) is 5.26 Å². The highest BCUT2D eigenvalue weighted by atomic mass is 16.6. The molecule has 0 unspecified atom stereocenters. The molecule has 0 spiro atoms. The Kier molecular flexibility index (Phi) is 5.72. The maximum atomic E-state index is 10.9. The van der Waals surface area contributed by atoms with Crippen molar-refractivity contribution >= 4 is 28.1 Å². The second-order valence-corrected chi connectivity index (χ2v) is 6.94. The van der Waals surface area contributed by atoms with Crippen molar-refractivity contribution in [3.63, 3.8) is 0 Å². The molecule has 4 aromatic carbocycles. The number of nitro groups is 1. The molecule has 0 atom stereocenters. The van der Waals surface area contributed by atoms with Gasteiger partial charge in [0.2, 0.25) is 0 Å². The fourth-order valence-electron chi connectivity index (χ4n) is 3.40. The molecule has 0 radical (unpaired) electrons. The SMILES string of the molecule is N#C/C(=C/c1ccccc1OCc1cccc2ccccc12)c1ccc([N+](=O)[O-])cc1. The normalized spacial score (nSPS) is 11.1. The van der Waals surface area contributed by atoms with E-state index in [1.165, 1.54) is 12.1 Å². The first-order valence-electron chi connectivity index (χ1n) is 9.71. The number of benzene rings is 4. The summed E-state index contributed by atoms with van der Waals surface area (Å²) in [5.41, 5.74) is 2.83. The molecule has 0 amide bonds. The minimum absolute atomic E-state index is 0.0140. The zero-order chi connectivity index (χ0) is 21.6. The Labute approximate surface area is 179 Å². The van der Waals surface area contributed by atoms with E-state index < -0.39 is 4.92 Å². The Balaban J connectivity index is 1.62. The van der Waals surface area contributed by atoms with Crippen molar-refractivity contribution in [2.75, 3.05) is 0 Å². The van der Waals surface area contributed by atoms with Crippen molar-refractivity contribution in [2.45, 2.75) is 6.61 Å². The minimum Gasteiger partial charge on any atom is -0.488 e. The lowest BCUT2D eigenvalue weighted by Crippen LogP contribution is -1.98. The second-order valence-electron chi connectivity index (χ2n) is 6.94. The topological polar surface area (TPSA) is 76.2 Å². The van der Waals surface area contributed by atoms with E-state index in [9.17, 15) is 15.4 Å². The van der Waals surface area contributed by atoms with Crippen LogP contribution in [0.15, 0.2) is 91.0 Å². The van der Waals surface area contributed by atoms with Crippen LogP contribution in [-0.4, -0.2) is 4.92 Å². The van der Waals surface area contributed by atoms with E-state index in [2.05, 4.69) is 24.3 Å². The monoisotopic (exact) mass is 406 g/mol. The first-order valence-corrected chi connectivity index (χ1v) is 9.71. The molecule has 0 fully saturated rings. The zero-order valence-electron chi connectivity index (χ0n) is 16.6. The molecule has 5 nitrogen and oxygen atoms in total. The van der Waals surface area contributed by atoms with Crippen LogP contribution in [0.25, 0.3) is 22.4 Å². The highest BCUT2D eigenvalue weighted by molar-refractivity contribution is 5.91. The molecule has 5 heteroatoms. The molecule has 4 rings (SSSR count). The van der Waals surface area contributed by atoms with Crippen molar-refractivity contribution in [3.05, 3.63) is 118 Å². The van der Waals surface area contributed by atoms with Crippen molar-refractivity contribution in [1.29, 1.82) is 5.26 Å². The average Bonchev–Trinajstić information content (AvgIpc) is 2.82. The van der Waals surface area contributed by atoms with Gasteiger partial charge in [-0.25, -0.2) is 0 Å². The summed E-state index contributed by atoms with van der Waals surface area (Å²) in [7, 11) is 0. The van der Waals surface area contributed by atoms with Gasteiger partial charge in [0.05, 0.1) is 16.6 Å². The maximum absolute atomic E-state index is 10.9. The van der Waals surface area contributed by atoms with E-state index in [-0.39, 0.29) is 5.69 Å². The highest BCUT2D eigenvalue weighted by Crippen LogP contribution is 2.27. The molecule has 0 heterocycles. The zero-order valence-corrected chi connectivity index (χ0v) is 16.6. The Morgan fingerprint density at radius 1 is 0.935 bits per heavy atom. The number of fused-ring (bicyclic) bond motifs is 1. The first-order chi connectivity index (χ1) is 15.2. The fraction of sp³-hybridized carbons (Fsp3) is 0.0385. The smallest absolute Gasteiger partial charge is 0.269 e. The summed E-state index contributed by atoms with van der Waals surface area (Å²) in [5, 5.41) is 22.8. The molecule has 0 bridgehead atoms. The average molecular weight is 406 g/mol. The second kappa shape index (κ2) is 8.93. The molecule has 0 saturated heterocycles. The van der Waals surface area contributed by atoms with Crippen molar-refractivity contribution in [3.8, 4) is 11.8 Å². The Morgan fingerprint density at radius 3 is 2.42 bits per heavy atom. The number of rotatable bonds is 6. The number of hydrogen-bond donors (Lipinski definition) is 0. The molecule has 0 saturated carbocycles. The van der Waals surface area contributed by atoms with Crippen LogP contribution in [-0.2, 0) is 6.61 Å². The Morgan fingerprint density at radius 2 is 1.65 bits per heavy atom. The van der Waals surface area contributed by atoms with E-state index in [1.807, 2.05) is 48.5 Å². The van der Waals surface area contributed by atoms with Gasteiger partial charge in [0.15, 0.2) is 0 Å². The predicted octanol–water partition coefficient (Wildman–Crippen LogP) is 6.39. The van der Waals surface area contributed by atoms with Gasteiger partial charge in [0, 0.05) is 17.7 Å². The number of nitro benzene ring substituents is 1. The van der Waals surface area contributed by atoms with E-state index >= 15 is 0 Å². The molecule has 150 valence electrons. The number of nitrogens with zero attached hydrogens (tertiary/aromatic N) is 2. The molecule has 0 aliphatic rings. The lowest BCUT2D eigenvalue weighted by Gasteiger charge is -2.12. The van der Waals surface area contributed by atoms with Gasteiger partial charge in [-0.1, -0.05) is 60.7 Å². The van der Waals surface area contributed by atoms with Gasteiger partial charge in [0.25, 0.3) is 5.69 Å². The van der Waals surface area contributed by atoms with Crippen molar-refractivity contribution in [2.24, 2.45) is 0 Å². The number of nitriles is 1. The molecule has 0 N–H and O–H groups in total. The van der Waals surface area contributed by atoms with Crippen LogP contribution in [0.4, 0.5) is 5.69 Å². The molecular weight excluding hydrogens is 388 g/mol. The number of ether oxygens (including phenoxy) is 1. The molecule has 31 heavy (non-hydrogen) atoms. The largest absolute Gasteiger partial charge is 0.488 e. The summed E-state index contributed by atoms with van der Waals surface area (Å²) in [6, 6.07) is 29.9. The maximum Gasteiger partial charge on any atom is 0.269 e. The molecule has 0 aliphatic carbocycles. The van der Waals surface area contributed by atoms with Crippen LogP contribution >= 0.6 is 0 Å². The first kappa shape index (κ1) is 19.9. The minimum atomic E-state index is -0.462. The van der Waals surface area contributed by atoms with Crippen molar-refractivity contribution in [1.82, 2.24) is 0 Å². The molecule has 4 aromatic rings. The van der Waals surface area contributed by atoms with E-state index in [0.29, 0.717) is 23.5 Å². The van der Waals surface area contributed by atoms with Gasteiger partial charge >= 0.3 is 0 Å². The summed E-state index contributed by atoms with van der Waals surface area (Å²) >= 11 is 0. The summed E-state index contributed by atoms with van der Waals surface area (Å²) in [5.74, 6) is 0.657. The third-order valence-corrected chi connectivity index (χ3v) is 4.99. The van der Waals surface area contributed by atoms with Gasteiger partial charge in [0.1, 0.15) is 12.4 Å². The number of allylic oxidation sites excluding steroid dienone is 1. The van der Waals surface area contributed by atoms with Crippen LogP contribution in [0.2, 0.25) is 0 Å². The van der Waals surface area contributed by atoms with Crippen LogP contribution < -0.4 is 4.74 Å². The van der Waals surface area contributed by atoms with Crippen LogP contribution in [0.5, 0.6) is 5.75 Å². The van der Waals surface area contributed by atoms with Crippen LogP contribution in [0.1, 0.15) is 16.7 Å². The van der Waals surface area contributed by atoms with Gasteiger partial charge in [-0.15, -0.1) is 0 Å². The predicted molar refractivity (Wildman–Crippen MR) is 121 cm³/mol. The molecular formula is C26H18N2O3. The van der Waals surface area contributed by atoms with Gasteiger partial charge in [-0.05, 0) is 46.2 Å². The van der Waals surface area contributed by atoms with Crippen molar-refractivity contribution < 1.29 is 9.66 Å². The number of hydrogen-bond acceptors (Lipinski definition) is 4. The number of para-hydroxylation sites is 1. The standard InChI is InChI=1S/C26H18N2O3/c27-17-23(19-12-14-24(15-13-19)28(29)30)16-21-7-2-4-11-26(21)31-18-22-9-5-8-20-6-1-3-10-25(20)22/h1-16H,18H2/b23-16-. The third kappa shape index (κ3) is 4.44.